The molecule has 2 aliphatic rings. The van der Waals surface area contributed by atoms with Gasteiger partial charge in [-0.1, -0.05) is 91.0 Å². The van der Waals surface area contributed by atoms with Gasteiger partial charge >= 0.3 is 5.97 Å². The van der Waals surface area contributed by atoms with Gasteiger partial charge < -0.3 is 52.5 Å². The predicted molar refractivity (Wildman–Crippen MR) is 175 cm³/mol. The van der Waals surface area contributed by atoms with Crippen LogP contribution in [0.25, 0.3) is 0 Å². The summed E-state index contributed by atoms with van der Waals surface area (Å²) in [6, 6.07) is 29.2. The van der Waals surface area contributed by atoms with Gasteiger partial charge in [0.2, 0.25) is 0 Å². The van der Waals surface area contributed by atoms with E-state index in [1.54, 1.807) is 0 Å². The van der Waals surface area contributed by atoms with Gasteiger partial charge in [-0.15, -0.1) is 0 Å². The van der Waals surface area contributed by atoms with Gasteiger partial charge in [-0.3, -0.25) is 0 Å². The lowest BCUT2D eigenvalue weighted by Gasteiger charge is -2.48. The van der Waals surface area contributed by atoms with Crippen molar-refractivity contribution in [1.82, 2.24) is 0 Å². The van der Waals surface area contributed by atoms with Crippen LogP contribution < -0.4 is 0 Å². The van der Waals surface area contributed by atoms with Gasteiger partial charge in [0.05, 0.1) is 33.5 Å². The second-order valence-electron chi connectivity index (χ2n) is 11.7. The number of ether oxygens (including phenoxy) is 10. The van der Waals surface area contributed by atoms with E-state index in [0.29, 0.717) is 6.61 Å². The molecule has 0 spiro atoms. The number of hydrogen-bond acceptors (Lipinski definition) is 12. The van der Waals surface area contributed by atoms with Crippen LogP contribution in [0.3, 0.4) is 0 Å². The highest BCUT2D eigenvalue weighted by Crippen LogP contribution is 2.35. The van der Waals surface area contributed by atoms with E-state index in [-0.39, 0.29) is 19.8 Å². The van der Waals surface area contributed by atoms with Crippen LogP contribution in [-0.4, -0.2) is 108 Å². The molecule has 3 aromatic carbocycles. The molecule has 49 heavy (non-hydrogen) atoms. The maximum absolute atomic E-state index is 12.7. The number of carbonyl (C=O) groups excluding carboxylic acids is 1. The van der Waals surface area contributed by atoms with Crippen molar-refractivity contribution in [3.63, 3.8) is 0 Å². The van der Waals surface area contributed by atoms with Crippen LogP contribution in [0.2, 0.25) is 0 Å². The molecule has 1 N–H and O–H groups in total. The molecule has 0 radical (unpaired) electrons. The van der Waals surface area contributed by atoms with Gasteiger partial charge in [-0.05, 0) is 16.7 Å². The first-order chi connectivity index (χ1) is 24.0. The summed E-state index contributed by atoms with van der Waals surface area (Å²) in [6.07, 6.45) is -10.1. The molecule has 266 valence electrons. The SMILES string of the molecule is COC(=O)[C@@H]1OC(O[C@@H]2C(COCc3ccccc3)O[C@H](OC)C(OCc3ccccc3)C2OCc2ccccc2)[C@@H](OC)C(OC)C1O. The fourth-order valence-electron chi connectivity index (χ4n) is 6.05. The number of aliphatic hydroxyl groups excluding tert-OH is 1. The first-order valence-electron chi connectivity index (χ1n) is 16.2. The fraction of sp³-hybridized carbons (Fsp3) is 0.486. The maximum Gasteiger partial charge on any atom is 0.337 e. The maximum atomic E-state index is 12.7. The number of aliphatic hydroxyl groups is 1. The van der Waals surface area contributed by atoms with Crippen LogP contribution in [0, 0.1) is 0 Å². The highest BCUT2D eigenvalue weighted by molar-refractivity contribution is 5.75. The largest absolute Gasteiger partial charge is 0.467 e. The third kappa shape index (κ3) is 9.50. The lowest BCUT2D eigenvalue weighted by atomic mass is 9.96. The van der Waals surface area contributed by atoms with Crippen molar-refractivity contribution in [1.29, 1.82) is 0 Å². The van der Waals surface area contributed by atoms with Gasteiger partial charge in [0.1, 0.15) is 42.7 Å². The average molecular weight is 683 g/mol. The number of hydrogen-bond donors (Lipinski definition) is 1. The lowest BCUT2D eigenvalue weighted by molar-refractivity contribution is -0.366. The number of carbonyl (C=O) groups is 1. The summed E-state index contributed by atoms with van der Waals surface area (Å²) in [4.78, 5) is 12.7. The summed E-state index contributed by atoms with van der Waals surface area (Å²) < 4.78 is 60.7. The van der Waals surface area contributed by atoms with Crippen LogP contribution in [-0.2, 0) is 72.0 Å². The van der Waals surface area contributed by atoms with Gasteiger partial charge in [0.25, 0.3) is 0 Å². The Morgan fingerprint density at radius 3 is 1.65 bits per heavy atom. The third-order valence-corrected chi connectivity index (χ3v) is 8.58. The number of methoxy groups -OCH3 is 4. The molecule has 0 saturated carbocycles. The number of esters is 1. The van der Waals surface area contributed by atoms with E-state index in [1.165, 1.54) is 28.4 Å². The third-order valence-electron chi connectivity index (χ3n) is 8.58. The monoisotopic (exact) mass is 682 g/mol. The molecule has 6 unspecified atom stereocenters. The molecule has 0 aromatic heterocycles. The van der Waals surface area contributed by atoms with E-state index in [4.69, 9.17) is 47.4 Å². The molecule has 0 bridgehead atoms. The molecule has 12 heteroatoms. The van der Waals surface area contributed by atoms with Crippen LogP contribution in [0.1, 0.15) is 16.7 Å². The molecule has 0 amide bonds. The van der Waals surface area contributed by atoms with E-state index in [2.05, 4.69) is 0 Å². The normalized spacial score (nSPS) is 30.1. The lowest BCUT2D eigenvalue weighted by Crippen LogP contribution is -2.66. The highest BCUT2D eigenvalue weighted by Gasteiger charge is 2.54. The fourth-order valence-corrected chi connectivity index (χ4v) is 6.05. The standard InChI is InChI=1S/C37H46O12/c1-40-30-28(38)31(35(39)42-3)49-37(33(30)41-2)48-29-27(23-44-20-24-14-8-5-9-15-24)47-36(43-4)34(46-22-26-18-12-7-13-19-26)32(29)45-21-25-16-10-6-11-17-25/h5-19,27-34,36-38H,20-23H2,1-4H3/t27?,28?,29-,30?,31-,32?,33+,34?,36+,37?/m1/s1. The first-order valence-corrected chi connectivity index (χ1v) is 16.2. The van der Waals surface area contributed by atoms with E-state index in [0.717, 1.165) is 16.7 Å². The van der Waals surface area contributed by atoms with E-state index < -0.39 is 67.4 Å². The quantitative estimate of drug-likeness (QED) is 0.222. The summed E-state index contributed by atoms with van der Waals surface area (Å²) >= 11 is 0. The Balaban J connectivity index is 1.48. The zero-order valence-electron chi connectivity index (χ0n) is 28.2. The van der Waals surface area contributed by atoms with Crippen LogP contribution in [0.4, 0.5) is 0 Å². The van der Waals surface area contributed by atoms with Gasteiger partial charge in [0, 0.05) is 21.3 Å². The minimum absolute atomic E-state index is 0.0805. The minimum Gasteiger partial charge on any atom is -0.467 e. The molecule has 3 aromatic rings. The number of rotatable bonds is 16. The topological polar surface area (TPSA) is 130 Å². The molecule has 5 rings (SSSR count). The number of benzene rings is 3. The molecule has 2 heterocycles. The second kappa shape index (κ2) is 18.6. The molecular formula is C37H46O12. The summed E-state index contributed by atoms with van der Waals surface area (Å²) in [5.41, 5.74) is 2.85. The van der Waals surface area contributed by atoms with E-state index in [9.17, 15) is 9.90 Å². The van der Waals surface area contributed by atoms with Crippen LogP contribution in [0.15, 0.2) is 91.0 Å². The van der Waals surface area contributed by atoms with Crippen molar-refractivity contribution in [2.45, 2.75) is 81.2 Å². The zero-order chi connectivity index (χ0) is 34.6. The Labute approximate surface area is 287 Å². The first kappa shape index (κ1) is 37.0. The minimum atomic E-state index is -1.41. The van der Waals surface area contributed by atoms with Crippen molar-refractivity contribution in [2.75, 3.05) is 35.0 Å². The van der Waals surface area contributed by atoms with E-state index in [1.807, 2.05) is 91.0 Å². The Morgan fingerprint density at radius 1 is 0.612 bits per heavy atom. The molecular weight excluding hydrogens is 636 g/mol. The Morgan fingerprint density at radius 2 is 1.14 bits per heavy atom. The molecule has 10 atom stereocenters. The Hall–Kier alpha value is -3.27. The smallest absolute Gasteiger partial charge is 0.337 e. The van der Waals surface area contributed by atoms with E-state index >= 15 is 0 Å². The summed E-state index contributed by atoms with van der Waals surface area (Å²) in [6.45, 7) is 0.855. The van der Waals surface area contributed by atoms with Crippen molar-refractivity contribution in [3.8, 4) is 0 Å². The second-order valence-corrected chi connectivity index (χ2v) is 11.7. The van der Waals surface area contributed by atoms with Crippen molar-refractivity contribution in [3.05, 3.63) is 108 Å². The summed E-state index contributed by atoms with van der Waals surface area (Å²) in [5, 5.41) is 11.0. The molecule has 2 saturated heterocycles. The molecule has 0 aliphatic carbocycles. The molecule has 2 aliphatic heterocycles. The van der Waals surface area contributed by atoms with Gasteiger partial charge in [0.15, 0.2) is 18.7 Å². The predicted octanol–water partition coefficient (Wildman–Crippen LogP) is 3.42. The van der Waals surface area contributed by atoms with Crippen molar-refractivity contribution in [2.24, 2.45) is 0 Å². The average Bonchev–Trinajstić information content (AvgIpc) is 3.15. The highest BCUT2D eigenvalue weighted by atomic mass is 16.8. The zero-order valence-corrected chi connectivity index (χ0v) is 28.2. The Bertz CT molecular complexity index is 1380. The van der Waals surface area contributed by atoms with Crippen molar-refractivity contribution >= 4 is 5.97 Å². The van der Waals surface area contributed by atoms with Gasteiger partial charge in [-0.2, -0.15) is 0 Å². The molecule has 2 fully saturated rings. The Kier molecular flexibility index (Phi) is 14.1. The van der Waals surface area contributed by atoms with Crippen LogP contribution in [0.5, 0.6) is 0 Å². The summed E-state index contributed by atoms with van der Waals surface area (Å²) in [5.74, 6) is -0.791. The molecule has 12 nitrogen and oxygen atoms in total. The van der Waals surface area contributed by atoms with Crippen LogP contribution >= 0.6 is 0 Å². The van der Waals surface area contributed by atoms with Gasteiger partial charge in [-0.25, -0.2) is 4.79 Å². The van der Waals surface area contributed by atoms with Crippen molar-refractivity contribution < 1.29 is 57.3 Å². The summed E-state index contributed by atoms with van der Waals surface area (Å²) in [7, 11) is 5.59.